The van der Waals surface area contributed by atoms with Gasteiger partial charge in [0, 0.05) is 39.1 Å². The molecule has 0 saturated carbocycles. The Morgan fingerprint density at radius 2 is 1.71 bits per heavy atom. The molecule has 0 aromatic carbocycles. The maximum Gasteiger partial charge on any atom is 0.317 e. The summed E-state index contributed by atoms with van der Waals surface area (Å²) in [4.78, 5) is 27.4. The van der Waals surface area contributed by atoms with Crippen molar-refractivity contribution in [2.75, 3.05) is 39.3 Å². The van der Waals surface area contributed by atoms with E-state index in [-0.39, 0.29) is 11.9 Å². The topological polar surface area (TPSA) is 64.7 Å². The molecule has 3 amide bonds. The van der Waals surface area contributed by atoms with Gasteiger partial charge in [-0.15, -0.1) is 0 Å². The number of urea groups is 1. The quantitative estimate of drug-likeness (QED) is 0.726. The van der Waals surface area contributed by atoms with Gasteiger partial charge < -0.3 is 20.4 Å². The van der Waals surface area contributed by atoms with E-state index in [2.05, 4.69) is 22.5 Å². The number of nitrogens with zero attached hydrogens (tertiary/aromatic N) is 2. The first kappa shape index (κ1) is 19.0. The smallest absolute Gasteiger partial charge is 0.317 e. The minimum Gasteiger partial charge on any atom is -0.355 e. The maximum absolute atomic E-state index is 12.1. The zero-order valence-corrected chi connectivity index (χ0v) is 15.4. The van der Waals surface area contributed by atoms with Gasteiger partial charge in [-0.25, -0.2) is 4.79 Å². The average molecular weight is 338 g/mol. The Bertz CT molecular complexity index is 408. The first-order valence-corrected chi connectivity index (χ1v) is 9.57. The highest BCUT2D eigenvalue weighted by Gasteiger charge is 2.24. The molecule has 2 N–H and O–H groups in total. The summed E-state index contributed by atoms with van der Waals surface area (Å²) >= 11 is 0. The Morgan fingerprint density at radius 3 is 2.38 bits per heavy atom. The van der Waals surface area contributed by atoms with E-state index >= 15 is 0 Å². The number of carbonyl (C=O) groups is 2. The van der Waals surface area contributed by atoms with E-state index in [4.69, 9.17) is 0 Å². The highest BCUT2D eigenvalue weighted by molar-refractivity contribution is 5.74. The van der Waals surface area contributed by atoms with Crippen LogP contribution in [-0.2, 0) is 4.79 Å². The fraction of sp³-hybridized carbons (Fsp3) is 0.889. The van der Waals surface area contributed by atoms with Gasteiger partial charge in [-0.05, 0) is 58.0 Å². The third-order valence-corrected chi connectivity index (χ3v) is 5.44. The van der Waals surface area contributed by atoms with Gasteiger partial charge in [0.2, 0.25) is 5.91 Å². The van der Waals surface area contributed by atoms with E-state index in [1.807, 2.05) is 4.90 Å². The predicted molar refractivity (Wildman–Crippen MR) is 95.9 cm³/mol. The van der Waals surface area contributed by atoms with Gasteiger partial charge in [0.25, 0.3) is 0 Å². The molecular formula is C18H34N4O2. The monoisotopic (exact) mass is 338 g/mol. The molecule has 0 bridgehead atoms. The lowest BCUT2D eigenvalue weighted by molar-refractivity contribution is -0.118. The van der Waals surface area contributed by atoms with Gasteiger partial charge in [-0.3, -0.25) is 4.79 Å². The molecule has 1 unspecified atom stereocenters. The van der Waals surface area contributed by atoms with Gasteiger partial charge in [0.15, 0.2) is 0 Å². The number of rotatable bonds is 6. The second-order valence-electron chi connectivity index (χ2n) is 7.31. The van der Waals surface area contributed by atoms with Crippen LogP contribution in [0, 0.1) is 5.92 Å². The number of amides is 3. The van der Waals surface area contributed by atoms with E-state index in [0.717, 1.165) is 37.9 Å². The Hall–Kier alpha value is -1.30. The molecule has 24 heavy (non-hydrogen) atoms. The lowest BCUT2D eigenvalue weighted by atomic mass is 9.92. The number of piperidine rings is 2. The minimum atomic E-state index is -0.0620. The second kappa shape index (κ2) is 9.87. The van der Waals surface area contributed by atoms with Gasteiger partial charge in [-0.1, -0.05) is 6.42 Å². The van der Waals surface area contributed by atoms with Crippen LogP contribution in [0.2, 0.25) is 0 Å². The van der Waals surface area contributed by atoms with Crippen molar-refractivity contribution in [2.45, 2.75) is 58.4 Å². The van der Waals surface area contributed by atoms with E-state index in [9.17, 15) is 9.59 Å². The Balaban J connectivity index is 1.58. The number of nitrogens with one attached hydrogen (secondary N) is 2. The van der Waals surface area contributed by atoms with Crippen LogP contribution in [0.25, 0.3) is 0 Å². The van der Waals surface area contributed by atoms with Crippen LogP contribution in [0.1, 0.15) is 52.4 Å². The fourth-order valence-electron chi connectivity index (χ4n) is 3.78. The van der Waals surface area contributed by atoms with Crippen LogP contribution < -0.4 is 10.6 Å². The van der Waals surface area contributed by atoms with Crippen molar-refractivity contribution >= 4 is 11.9 Å². The third-order valence-electron chi connectivity index (χ3n) is 5.44. The van der Waals surface area contributed by atoms with Gasteiger partial charge in [-0.2, -0.15) is 0 Å². The molecule has 0 spiro atoms. The molecule has 0 aliphatic carbocycles. The van der Waals surface area contributed by atoms with Crippen molar-refractivity contribution in [2.24, 2.45) is 5.92 Å². The molecule has 6 nitrogen and oxygen atoms in total. The van der Waals surface area contributed by atoms with E-state index in [1.54, 1.807) is 0 Å². The zero-order valence-electron chi connectivity index (χ0n) is 15.4. The van der Waals surface area contributed by atoms with Crippen molar-refractivity contribution in [3.8, 4) is 0 Å². The highest BCUT2D eigenvalue weighted by atomic mass is 16.2. The van der Waals surface area contributed by atoms with Crippen LogP contribution in [0.15, 0.2) is 0 Å². The molecule has 0 aromatic heterocycles. The number of hydrogen-bond donors (Lipinski definition) is 2. The van der Waals surface area contributed by atoms with Gasteiger partial charge in [0.05, 0.1) is 0 Å². The van der Waals surface area contributed by atoms with Crippen LogP contribution in [0.5, 0.6) is 0 Å². The Morgan fingerprint density at radius 1 is 1.00 bits per heavy atom. The fourth-order valence-corrected chi connectivity index (χ4v) is 3.78. The second-order valence-corrected chi connectivity index (χ2v) is 7.31. The summed E-state index contributed by atoms with van der Waals surface area (Å²) in [7, 11) is 0. The average Bonchev–Trinajstić information content (AvgIpc) is 2.58. The SMILES string of the molecule is CC(=O)NCCNC(=O)N1CCC(CCN2CCCCC2C)CC1. The van der Waals surface area contributed by atoms with Crippen LogP contribution in [0.4, 0.5) is 4.79 Å². The van der Waals surface area contributed by atoms with Crippen molar-refractivity contribution < 1.29 is 9.59 Å². The predicted octanol–water partition coefficient (Wildman–Crippen LogP) is 1.81. The molecule has 2 rings (SSSR count). The molecule has 2 saturated heterocycles. The molecule has 1 atom stereocenters. The van der Waals surface area contributed by atoms with Crippen molar-refractivity contribution in [1.82, 2.24) is 20.4 Å². The molecule has 6 heteroatoms. The van der Waals surface area contributed by atoms with Crippen LogP contribution in [-0.4, -0.2) is 67.0 Å². The van der Waals surface area contributed by atoms with Crippen molar-refractivity contribution in [1.29, 1.82) is 0 Å². The summed E-state index contributed by atoms with van der Waals surface area (Å²) in [5.41, 5.74) is 0. The standard InChI is InChI=1S/C18H34N4O2/c1-15-5-3-4-11-21(15)12-6-17-7-13-22(14-8-17)18(24)20-10-9-19-16(2)23/h15,17H,3-14H2,1-2H3,(H,19,23)(H,20,24). The lowest BCUT2D eigenvalue weighted by Gasteiger charge is -2.36. The van der Waals surface area contributed by atoms with Crippen LogP contribution in [0.3, 0.4) is 0 Å². The summed E-state index contributed by atoms with van der Waals surface area (Å²) in [6.45, 7) is 9.00. The van der Waals surface area contributed by atoms with Crippen LogP contribution >= 0.6 is 0 Å². The molecule has 2 aliphatic rings. The largest absolute Gasteiger partial charge is 0.355 e. The molecule has 2 aliphatic heterocycles. The molecule has 0 aromatic rings. The maximum atomic E-state index is 12.1. The number of hydrogen-bond acceptors (Lipinski definition) is 3. The first-order valence-electron chi connectivity index (χ1n) is 9.57. The highest BCUT2D eigenvalue weighted by Crippen LogP contribution is 2.23. The summed E-state index contributed by atoms with van der Waals surface area (Å²) in [5, 5.41) is 5.56. The normalized spacial score (nSPS) is 23.1. The first-order chi connectivity index (χ1) is 11.6. The summed E-state index contributed by atoms with van der Waals surface area (Å²) in [5.74, 6) is 0.690. The zero-order chi connectivity index (χ0) is 17.4. The molecule has 138 valence electrons. The van der Waals surface area contributed by atoms with Crippen molar-refractivity contribution in [3.05, 3.63) is 0 Å². The van der Waals surface area contributed by atoms with E-state index in [1.165, 1.54) is 45.7 Å². The summed E-state index contributed by atoms with van der Waals surface area (Å²) in [6, 6.07) is 0.747. The number of likely N-dealkylation sites (tertiary alicyclic amines) is 2. The molecular weight excluding hydrogens is 304 g/mol. The van der Waals surface area contributed by atoms with E-state index in [0.29, 0.717) is 13.1 Å². The minimum absolute atomic E-state index is 0.00320. The van der Waals surface area contributed by atoms with Gasteiger partial charge >= 0.3 is 6.03 Å². The molecule has 0 radical (unpaired) electrons. The molecule has 2 fully saturated rings. The summed E-state index contributed by atoms with van der Waals surface area (Å²) in [6.07, 6.45) is 7.57. The number of carbonyl (C=O) groups excluding carboxylic acids is 2. The molecule has 2 heterocycles. The Labute approximate surface area is 146 Å². The lowest BCUT2D eigenvalue weighted by Crippen LogP contribution is -2.46. The Kier molecular flexibility index (Phi) is 7.82. The third kappa shape index (κ3) is 6.30. The van der Waals surface area contributed by atoms with Gasteiger partial charge in [0.1, 0.15) is 0 Å². The van der Waals surface area contributed by atoms with E-state index < -0.39 is 0 Å². The van der Waals surface area contributed by atoms with Crippen molar-refractivity contribution in [3.63, 3.8) is 0 Å². The summed E-state index contributed by atoms with van der Waals surface area (Å²) < 4.78 is 0.